The van der Waals surface area contributed by atoms with Crippen LogP contribution < -0.4 is 0 Å². The molecule has 1 aromatic carbocycles. The second-order valence-electron chi connectivity index (χ2n) is 5.47. The Balaban J connectivity index is 2.21. The van der Waals surface area contributed by atoms with Crippen molar-refractivity contribution >= 4 is 8.07 Å². The first-order chi connectivity index (χ1) is 7.47. The first-order valence-electron chi connectivity index (χ1n) is 5.76. The molecule has 2 atom stereocenters. The van der Waals surface area contributed by atoms with Gasteiger partial charge in [-0.2, -0.15) is 0 Å². The van der Waals surface area contributed by atoms with Crippen LogP contribution in [0.5, 0.6) is 0 Å². The smallest absolute Gasteiger partial charge is 0.129 e. The minimum atomic E-state index is -1.33. The Hall–Kier alpha value is -1.04. The molecule has 0 fully saturated rings. The van der Waals surface area contributed by atoms with E-state index in [2.05, 4.69) is 37.2 Å². The molecule has 0 aliphatic heterocycles. The molecule has 1 aliphatic rings. The average Bonchev–Trinajstić information content (AvgIpc) is 2.53. The van der Waals surface area contributed by atoms with Crippen LogP contribution in [0, 0.1) is 17.4 Å². The molecule has 16 heavy (non-hydrogen) atoms. The lowest BCUT2D eigenvalue weighted by Crippen LogP contribution is -2.17. The van der Waals surface area contributed by atoms with Crippen LogP contribution in [-0.2, 0) is 6.42 Å². The van der Waals surface area contributed by atoms with Crippen LogP contribution >= 0.6 is 0 Å². The fraction of sp³-hybridized carbons (Fsp3) is 0.429. The number of hydrogen-bond donors (Lipinski definition) is 1. The van der Waals surface area contributed by atoms with Crippen LogP contribution in [0.4, 0.5) is 0 Å². The van der Waals surface area contributed by atoms with E-state index in [9.17, 15) is 5.11 Å². The van der Waals surface area contributed by atoms with E-state index in [1.807, 2.05) is 18.2 Å². The number of benzene rings is 1. The van der Waals surface area contributed by atoms with E-state index in [1.165, 1.54) is 5.56 Å². The summed E-state index contributed by atoms with van der Waals surface area (Å²) in [4.78, 5) is 0. The maximum absolute atomic E-state index is 10.2. The normalized spacial score (nSPS) is 23.5. The maximum atomic E-state index is 10.2. The molecular weight excluding hydrogens is 212 g/mol. The van der Waals surface area contributed by atoms with Gasteiger partial charge in [-0.05, 0) is 17.5 Å². The van der Waals surface area contributed by atoms with Gasteiger partial charge in [-0.25, -0.2) is 0 Å². The molecule has 0 radical (unpaired) electrons. The molecule has 1 N–H and O–H groups in total. The van der Waals surface area contributed by atoms with Crippen LogP contribution in [0.25, 0.3) is 0 Å². The van der Waals surface area contributed by atoms with Gasteiger partial charge in [0, 0.05) is 0 Å². The monoisotopic (exact) mass is 230 g/mol. The summed E-state index contributed by atoms with van der Waals surface area (Å²) in [5.41, 5.74) is 5.68. The van der Waals surface area contributed by atoms with Gasteiger partial charge in [-0.15, -0.1) is 11.5 Å². The molecule has 0 unspecified atom stereocenters. The van der Waals surface area contributed by atoms with Crippen molar-refractivity contribution < 1.29 is 5.11 Å². The number of aliphatic hydroxyl groups excluding tert-OH is 1. The fourth-order valence-electron chi connectivity index (χ4n) is 2.01. The maximum Gasteiger partial charge on any atom is 0.129 e. The Labute approximate surface area is 98.5 Å². The van der Waals surface area contributed by atoms with Crippen LogP contribution in [0.1, 0.15) is 17.2 Å². The summed E-state index contributed by atoms with van der Waals surface area (Å²) >= 11 is 0. The predicted molar refractivity (Wildman–Crippen MR) is 69.7 cm³/mol. The van der Waals surface area contributed by atoms with Crippen molar-refractivity contribution in [2.75, 3.05) is 0 Å². The molecule has 1 aromatic rings. The quantitative estimate of drug-likeness (QED) is 0.537. The van der Waals surface area contributed by atoms with Gasteiger partial charge in [0.25, 0.3) is 0 Å². The zero-order chi connectivity index (χ0) is 11.8. The highest BCUT2D eigenvalue weighted by Gasteiger charge is 2.29. The second-order valence-corrected chi connectivity index (χ2v) is 10.2. The first-order valence-corrected chi connectivity index (χ1v) is 9.26. The molecule has 0 aromatic heterocycles. The van der Waals surface area contributed by atoms with E-state index >= 15 is 0 Å². The molecule has 1 aliphatic carbocycles. The Morgan fingerprint density at radius 1 is 1.25 bits per heavy atom. The molecule has 2 heteroatoms. The number of fused-ring (bicyclic) bond motifs is 1. The molecule has 1 nitrogen and oxygen atoms in total. The van der Waals surface area contributed by atoms with Crippen molar-refractivity contribution in [1.29, 1.82) is 0 Å². The van der Waals surface area contributed by atoms with Crippen molar-refractivity contribution in [2.45, 2.75) is 32.2 Å². The summed E-state index contributed by atoms with van der Waals surface area (Å²) in [6, 6.07) is 8.11. The predicted octanol–water partition coefficient (Wildman–Crippen LogP) is 2.77. The molecule has 2 rings (SSSR count). The van der Waals surface area contributed by atoms with Crippen molar-refractivity contribution in [3.05, 3.63) is 35.4 Å². The lowest BCUT2D eigenvalue weighted by molar-refractivity contribution is 0.150. The second kappa shape index (κ2) is 4.08. The third kappa shape index (κ3) is 2.37. The van der Waals surface area contributed by atoms with E-state index in [1.54, 1.807) is 0 Å². The number of hydrogen-bond acceptors (Lipinski definition) is 1. The van der Waals surface area contributed by atoms with Crippen LogP contribution in [0.15, 0.2) is 24.3 Å². The summed E-state index contributed by atoms with van der Waals surface area (Å²) in [5.74, 6) is 3.38. The molecule has 0 amide bonds. The van der Waals surface area contributed by atoms with Gasteiger partial charge in [0.2, 0.25) is 0 Å². The minimum absolute atomic E-state index is 0.101. The topological polar surface area (TPSA) is 20.2 Å². The van der Waals surface area contributed by atoms with Crippen molar-refractivity contribution in [2.24, 2.45) is 5.92 Å². The van der Waals surface area contributed by atoms with Crippen molar-refractivity contribution in [1.82, 2.24) is 0 Å². The highest BCUT2D eigenvalue weighted by Crippen LogP contribution is 2.35. The molecule has 0 heterocycles. The van der Waals surface area contributed by atoms with Gasteiger partial charge in [0.15, 0.2) is 0 Å². The highest BCUT2D eigenvalue weighted by molar-refractivity contribution is 6.83. The lowest BCUT2D eigenvalue weighted by Gasteiger charge is -2.10. The standard InChI is InChI=1S/C14H18OSi/c1-16(2,3)9-8-12-10-11-6-4-5-7-13(11)14(12)15/h4-7,12,14-15H,10H2,1-3H3/t12-,14-/m1/s1. The minimum Gasteiger partial charge on any atom is -0.387 e. The van der Waals surface area contributed by atoms with Crippen LogP contribution in [0.3, 0.4) is 0 Å². The Kier molecular flexibility index (Phi) is 2.92. The lowest BCUT2D eigenvalue weighted by atomic mass is 10.1. The third-order valence-electron chi connectivity index (χ3n) is 2.83. The molecule has 0 saturated heterocycles. The molecule has 0 spiro atoms. The Morgan fingerprint density at radius 2 is 1.94 bits per heavy atom. The summed E-state index contributed by atoms with van der Waals surface area (Å²) in [7, 11) is -1.33. The Bertz CT molecular complexity index is 448. The van der Waals surface area contributed by atoms with E-state index < -0.39 is 8.07 Å². The third-order valence-corrected chi connectivity index (χ3v) is 3.72. The van der Waals surface area contributed by atoms with Gasteiger partial charge >= 0.3 is 0 Å². The van der Waals surface area contributed by atoms with Gasteiger partial charge in [0.1, 0.15) is 8.07 Å². The summed E-state index contributed by atoms with van der Waals surface area (Å²) in [5, 5.41) is 10.2. The molecular formula is C14H18OSi. The van der Waals surface area contributed by atoms with Gasteiger partial charge in [0.05, 0.1) is 12.0 Å². The summed E-state index contributed by atoms with van der Waals surface area (Å²) in [6.07, 6.45) is 0.509. The number of rotatable bonds is 0. The average molecular weight is 230 g/mol. The van der Waals surface area contributed by atoms with E-state index in [-0.39, 0.29) is 12.0 Å². The van der Waals surface area contributed by atoms with Crippen LogP contribution in [-0.4, -0.2) is 13.2 Å². The van der Waals surface area contributed by atoms with E-state index in [4.69, 9.17) is 0 Å². The molecule has 84 valence electrons. The van der Waals surface area contributed by atoms with Crippen molar-refractivity contribution in [3.8, 4) is 11.5 Å². The van der Waals surface area contributed by atoms with E-state index in [0.29, 0.717) is 0 Å². The molecule has 0 saturated carbocycles. The number of aliphatic hydroxyl groups is 1. The Morgan fingerprint density at radius 3 is 2.56 bits per heavy atom. The van der Waals surface area contributed by atoms with Gasteiger partial charge in [-0.1, -0.05) is 43.9 Å². The molecule has 0 bridgehead atoms. The van der Waals surface area contributed by atoms with Crippen LogP contribution in [0.2, 0.25) is 19.6 Å². The zero-order valence-electron chi connectivity index (χ0n) is 10.1. The van der Waals surface area contributed by atoms with Gasteiger partial charge in [-0.3, -0.25) is 0 Å². The largest absolute Gasteiger partial charge is 0.387 e. The van der Waals surface area contributed by atoms with Gasteiger partial charge < -0.3 is 5.11 Å². The van der Waals surface area contributed by atoms with E-state index in [0.717, 1.165) is 12.0 Å². The summed E-state index contributed by atoms with van der Waals surface area (Å²) < 4.78 is 0. The first kappa shape index (κ1) is 11.4. The fourth-order valence-corrected chi connectivity index (χ4v) is 2.63. The van der Waals surface area contributed by atoms with Crippen molar-refractivity contribution in [3.63, 3.8) is 0 Å². The summed E-state index contributed by atoms with van der Waals surface area (Å²) in [6.45, 7) is 6.69. The zero-order valence-corrected chi connectivity index (χ0v) is 11.1. The SMILES string of the molecule is C[Si](C)(C)C#C[C@@H]1Cc2ccccc2[C@@H]1O. The highest BCUT2D eigenvalue weighted by atomic mass is 28.3.